The number of aromatic nitrogens is 6. The third-order valence-corrected chi connectivity index (χ3v) is 5.87. The molecule has 0 saturated carbocycles. The molecule has 3 heterocycles. The Hall–Kier alpha value is -3.03. The van der Waals surface area contributed by atoms with E-state index in [4.69, 9.17) is 4.74 Å². The second kappa shape index (κ2) is 8.38. The first-order valence-corrected chi connectivity index (χ1v) is 10.6. The molecule has 0 unspecified atom stereocenters. The van der Waals surface area contributed by atoms with Gasteiger partial charge < -0.3 is 9.64 Å². The number of nitrogens with one attached hydrogen (secondary N) is 2. The van der Waals surface area contributed by atoms with Gasteiger partial charge in [0.25, 0.3) is 0 Å². The van der Waals surface area contributed by atoms with Crippen LogP contribution >= 0.6 is 0 Å². The van der Waals surface area contributed by atoms with Gasteiger partial charge in [-0.1, -0.05) is 0 Å². The van der Waals surface area contributed by atoms with Gasteiger partial charge >= 0.3 is 0 Å². The van der Waals surface area contributed by atoms with Crippen LogP contribution in [0.15, 0.2) is 29.2 Å². The van der Waals surface area contributed by atoms with Crippen molar-refractivity contribution in [3.8, 4) is 11.4 Å². The maximum absolute atomic E-state index is 14.1. The largest absolute Gasteiger partial charge is 0.378 e. The Kier molecular flexibility index (Phi) is 5.65. The van der Waals surface area contributed by atoms with Crippen LogP contribution in [0.3, 0.4) is 0 Å². The lowest BCUT2D eigenvalue weighted by molar-refractivity contribution is 0.122. The minimum atomic E-state index is -3.94. The van der Waals surface area contributed by atoms with Crippen molar-refractivity contribution >= 4 is 16.0 Å². The normalized spacial score (nSPS) is 14.8. The zero-order chi connectivity index (χ0) is 21.1. The van der Waals surface area contributed by atoms with E-state index in [0.29, 0.717) is 37.9 Å². The molecule has 30 heavy (non-hydrogen) atoms. The van der Waals surface area contributed by atoms with Gasteiger partial charge in [-0.2, -0.15) is 5.21 Å². The van der Waals surface area contributed by atoms with E-state index >= 15 is 0 Å². The molecule has 3 aromatic rings. The van der Waals surface area contributed by atoms with Crippen LogP contribution in [0.4, 0.5) is 10.3 Å². The molecule has 1 aliphatic heterocycles. The van der Waals surface area contributed by atoms with Crippen LogP contribution in [0, 0.1) is 12.7 Å². The number of hydrogen-bond acceptors (Lipinski definition) is 9. The van der Waals surface area contributed by atoms with Crippen molar-refractivity contribution in [1.29, 1.82) is 0 Å². The highest BCUT2D eigenvalue weighted by Gasteiger charge is 2.20. The van der Waals surface area contributed by atoms with Gasteiger partial charge in [-0.15, -0.1) is 10.2 Å². The van der Waals surface area contributed by atoms with Gasteiger partial charge in [-0.3, -0.25) is 0 Å². The Morgan fingerprint density at radius 2 is 2.03 bits per heavy atom. The fourth-order valence-corrected chi connectivity index (χ4v) is 4.01. The molecule has 0 radical (unpaired) electrons. The minimum absolute atomic E-state index is 0.0360. The maximum Gasteiger partial charge on any atom is 0.240 e. The number of tetrazole rings is 1. The quantitative estimate of drug-likeness (QED) is 0.565. The van der Waals surface area contributed by atoms with E-state index in [1.54, 1.807) is 6.07 Å². The fourth-order valence-electron chi connectivity index (χ4n) is 2.98. The van der Waals surface area contributed by atoms with Crippen LogP contribution in [-0.2, 0) is 21.3 Å². The van der Waals surface area contributed by atoms with Gasteiger partial charge in [0.2, 0.25) is 21.8 Å². The van der Waals surface area contributed by atoms with Crippen LogP contribution < -0.4 is 9.62 Å². The summed E-state index contributed by atoms with van der Waals surface area (Å²) in [4.78, 5) is 10.8. The average molecular weight is 434 g/mol. The molecule has 1 fully saturated rings. The number of aromatic amines is 1. The summed E-state index contributed by atoms with van der Waals surface area (Å²) in [6.07, 6.45) is 0. The standard InChI is InChI=1S/C17H19FN8O3S/c1-11-8-12(21-17(20-11)26-4-6-29-7-5-26)10-19-30(27,28)13-2-3-15(18)14(9-13)16-22-24-25-23-16/h2-3,8-9,19H,4-7,10H2,1H3,(H,22,23,24,25). The molecule has 4 rings (SSSR count). The van der Waals surface area contributed by atoms with Gasteiger partial charge in [-0.25, -0.2) is 27.5 Å². The fraction of sp³-hybridized carbons (Fsp3) is 0.353. The first-order chi connectivity index (χ1) is 14.4. The number of hydrogen-bond donors (Lipinski definition) is 2. The number of rotatable bonds is 6. The molecule has 0 aliphatic carbocycles. The first-order valence-electron chi connectivity index (χ1n) is 9.13. The molecule has 1 aliphatic rings. The minimum Gasteiger partial charge on any atom is -0.378 e. The lowest BCUT2D eigenvalue weighted by Crippen LogP contribution is -2.37. The second-order valence-electron chi connectivity index (χ2n) is 6.60. The van der Waals surface area contributed by atoms with E-state index in [9.17, 15) is 12.8 Å². The van der Waals surface area contributed by atoms with Gasteiger partial charge in [0.1, 0.15) is 5.82 Å². The lowest BCUT2D eigenvalue weighted by Gasteiger charge is -2.27. The van der Waals surface area contributed by atoms with Gasteiger partial charge in [0.05, 0.1) is 35.9 Å². The number of ether oxygens (including phenoxy) is 1. The predicted octanol–water partition coefficient (Wildman–Crippen LogP) is 0.419. The van der Waals surface area contributed by atoms with Crippen LogP contribution in [0.2, 0.25) is 0 Å². The van der Waals surface area contributed by atoms with E-state index in [2.05, 4.69) is 35.3 Å². The molecular formula is C17H19FN8O3S. The number of morpholine rings is 1. The topological polar surface area (TPSA) is 139 Å². The smallest absolute Gasteiger partial charge is 0.240 e. The lowest BCUT2D eigenvalue weighted by atomic mass is 10.2. The highest BCUT2D eigenvalue weighted by Crippen LogP contribution is 2.22. The number of sulfonamides is 1. The van der Waals surface area contributed by atoms with Crippen molar-refractivity contribution in [2.45, 2.75) is 18.4 Å². The van der Waals surface area contributed by atoms with Crippen LogP contribution in [-0.4, -0.2) is 65.3 Å². The predicted molar refractivity (Wildman–Crippen MR) is 103 cm³/mol. The summed E-state index contributed by atoms with van der Waals surface area (Å²) in [6, 6.07) is 5.09. The van der Waals surface area contributed by atoms with Crippen molar-refractivity contribution in [1.82, 2.24) is 35.3 Å². The molecule has 2 N–H and O–H groups in total. The molecular weight excluding hydrogens is 415 g/mol. The molecule has 2 aromatic heterocycles. The molecule has 0 amide bonds. The first kappa shape index (κ1) is 20.3. The molecule has 1 aromatic carbocycles. The summed E-state index contributed by atoms with van der Waals surface area (Å²) in [5.74, 6) is -0.156. The highest BCUT2D eigenvalue weighted by atomic mass is 32.2. The van der Waals surface area contributed by atoms with E-state index in [0.717, 1.165) is 17.8 Å². The zero-order valence-electron chi connectivity index (χ0n) is 16.0. The molecule has 0 bridgehead atoms. The Bertz CT molecular complexity index is 1130. The van der Waals surface area contributed by atoms with E-state index < -0.39 is 15.8 Å². The van der Waals surface area contributed by atoms with Crippen LogP contribution in [0.5, 0.6) is 0 Å². The third kappa shape index (κ3) is 4.42. The average Bonchev–Trinajstić information content (AvgIpc) is 3.27. The van der Waals surface area contributed by atoms with Gasteiger partial charge in [-0.05, 0) is 36.4 Å². The van der Waals surface area contributed by atoms with Crippen LogP contribution in [0.25, 0.3) is 11.4 Å². The van der Waals surface area contributed by atoms with Crippen molar-refractivity contribution in [3.05, 3.63) is 41.5 Å². The molecule has 0 atom stereocenters. The number of nitrogens with zero attached hydrogens (tertiary/aromatic N) is 6. The number of benzene rings is 1. The SMILES string of the molecule is Cc1cc(CNS(=O)(=O)c2ccc(F)c(-c3nn[nH]n3)c2)nc(N2CCOCC2)n1. The van der Waals surface area contributed by atoms with E-state index in [1.165, 1.54) is 6.07 Å². The second-order valence-corrected chi connectivity index (χ2v) is 8.37. The van der Waals surface area contributed by atoms with Crippen molar-refractivity contribution in [3.63, 3.8) is 0 Å². The molecule has 1 saturated heterocycles. The molecule has 158 valence electrons. The maximum atomic E-state index is 14.1. The third-order valence-electron chi connectivity index (χ3n) is 4.47. The Balaban J connectivity index is 1.53. The highest BCUT2D eigenvalue weighted by molar-refractivity contribution is 7.89. The number of aryl methyl sites for hydroxylation is 1. The van der Waals surface area contributed by atoms with E-state index in [-0.39, 0.29) is 22.8 Å². The van der Waals surface area contributed by atoms with Gasteiger partial charge in [0.15, 0.2) is 0 Å². The van der Waals surface area contributed by atoms with Crippen LogP contribution in [0.1, 0.15) is 11.4 Å². The molecule has 11 nitrogen and oxygen atoms in total. The summed E-state index contributed by atoms with van der Waals surface area (Å²) < 4.78 is 47.4. The van der Waals surface area contributed by atoms with Crippen molar-refractivity contribution in [2.75, 3.05) is 31.2 Å². The Morgan fingerprint density at radius 1 is 1.23 bits per heavy atom. The Labute approximate surface area is 171 Å². The van der Waals surface area contributed by atoms with E-state index in [1.807, 2.05) is 11.8 Å². The number of anilines is 1. The summed E-state index contributed by atoms with van der Waals surface area (Å²) in [6.45, 7) is 4.30. The summed E-state index contributed by atoms with van der Waals surface area (Å²) in [5, 5.41) is 13.0. The number of H-pyrrole nitrogens is 1. The molecule has 0 spiro atoms. The van der Waals surface area contributed by atoms with Crippen molar-refractivity contribution < 1.29 is 17.5 Å². The zero-order valence-corrected chi connectivity index (χ0v) is 16.9. The monoisotopic (exact) mass is 434 g/mol. The van der Waals surface area contributed by atoms with Crippen molar-refractivity contribution in [2.24, 2.45) is 0 Å². The number of halogens is 1. The summed E-state index contributed by atoms with van der Waals surface area (Å²) in [7, 11) is -3.94. The Morgan fingerprint density at radius 3 is 2.77 bits per heavy atom. The summed E-state index contributed by atoms with van der Waals surface area (Å²) in [5.41, 5.74) is 1.18. The molecule has 13 heteroatoms. The summed E-state index contributed by atoms with van der Waals surface area (Å²) >= 11 is 0. The van der Waals surface area contributed by atoms with Gasteiger partial charge in [0, 0.05) is 18.8 Å².